The zero-order valence-corrected chi connectivity index (χ0v) is 13.0. The summed E-state index contributed by atoms with van der Waals surface area (Å²) in [5, 5.41) is 3.22. The van der Waals surface area contributed by atoms with Crippen molar-refractivity contribution in [2.24, 2.45) is 0 Å². The van der Waals surface area contributed by atoms with Crippen LogP contribution in [0.15, 0.2) is 24.3 Å². The van der Waals surface area contributed by atoms with Gasteiger partial charge in [-0.05, 0) is 25.5 Å². The Morgan fingerprint density at radius 1 is 1.20 bits per heavy atom. The molecule has 2 rings (SSSR count). The van der Waals surface area contributed by atoms with E-state index < -0.39 is 10.2 Å². The third kappa shape index (κ3) is 3.79. The molecule has 0 aromatic heterocycles. The van der Waals surface area contributed by atoms with Gasteiger partial charge in [-0.3, -0.25) is 0 Å². The molecule has 0 bridgehead atoms. The second-order valence-electron chi connectivity index (χ2n) is 5.25. The van der Waals surface area contributed by atoms with E-state index in [9.17, 15) is 8.42 Å². The maximum absolute atomic E-state index is 12.5. The third-order valence-corrected chi connectivity index (χ3v) is 5.48. The van der Waals surface area contributed by atoms with Crippen molar-refractivity contribution in [3.8, 4) is 0 Å². The average Bonchev–Trinajstić information content (AvgIpc) is 2.70. The van der Waals surface area contributed by atoms with Crippen LogP contribution in [0.2, 0.25) is 0 Å². The molecule has 0 saturated carbocycles. The number of nitrogens with zero attached hydrogens (tertiary/aromatic N) is 2. The number of rotatable bonds is 4. The maximum Gasteiger partial charge on any atom is 0.282 e. The molecule has 1 saturated heterocycles. The summed E-state index contributed by atoms with van der Waals surface area (Å²) in [5.41, 5.74) is 2.19. The van der Waals surface area contributed by atoms with Gasteiger partial charge in [0.2, 0.25) is 0 Å². The molecule has 20 heavy (non-hydrogen) atoms. The normalized spacial score (nSPS) is 18.1. The summed E-state index contributed by atoms with van der Waals surface area (Å²) in [6.45, 7) is 5.17. The molecule has 112 valence electrons. The quantitative estimate of drug-likeness (QED) is 0.901. The highest BCUT2D eigenvalue weighted by molar-refractivity contribution is 7.86. The summed E-state index contributed by atoms with van der Waals surface area (Å²) >= 11 is 0. The minimum Gasteiger partial charge on any atom is -0.315 e. The Morgan fingerprint density at radius 3 is 2.60 bits per heavy atom. The lowest BCUT2D eigenvalue weighted by Crippen LogP contribution is -2.43. The molecule has 1 aliphatic rings. The van der Waals surface area contributed by atoms with E-state index in [1.54, 1.807) is 11.4 Å². The predicted octanol–water partition coefficient (Wildman–Crippen LogP) is 0.967. The Kier molecular flexibility index (Phi) is 5.15. The molecule has 1 fully saturated rings. The number of nitrogens with one attached hydrogen (secondary N) is 1. The first-order valence-electron chi connectivity index (χ1n) is 6.98. The lowest BCUT2D eigenvalue weighted by molar-refractivity contribution is 0.368. The number of aryl methyl sites for hydroxylation is 1. The standard InChI is InChI=1S/C14H23N3O2S/c1-13-4-6-14(7-5-13)12-16(2)20(18,19)17-10-3-8-15-9-11-17/h4-7,15H,3,8-12H2,1-2H3. The molecule has 0 spiro atoms. The maximum atomic E-state index is 12.5. The van der Waals surface area contributed by atoms with Gasteiger partial charge in [0.1, 0.15) is 0 Å². The Morgan fingerprint density at radius 2 is 1.90 bits per heavy atom. The van der Waals surface area contributed by atoms with Gasteiger partial charge in [-0.2, -0.15) is 17.0 Å². The average molecular weight is 297 g/mol. The first-order chi connectivity index (χ1) is 9.50. The van der Waals surface area contributed by atoms with Crippen LogP contribution in [0.3, 0.4) is 0 Å². The second-order valence-corrected chi connectivity index (χ2v) is 7.29. The molecule has 0 amide bonds. The van der Waals surface area contributed by atoms with Crippen LogP contribution in [0.5, 0.6) is 0 Å². The molecule has 0 atom stereocenters. The topological polar surface area (TPSA) is 52.7 Å². The van der Waals surface area contributed by atoms with Gasteiger partial charge in [-0.1, -0.05) is 29.8 Å². The fraction of sp³-hybridized carbons (Fsp3) is 0.571. The summed E-state index contributed by atoms with van der Waals surface area (Å²) in [5.74, 6) is 0. The van der Waals surface area contributed by atoms with E-state index in [2.05, 4.69) is 5.32 Å². The summed E-state index contributed by atoms with van der Waals surface area (Å²) in [4.78, 5) is 0. The van der Waals surface area contributed by atoms with Crippen molar-refractivity contribution in [3.05, 3.63) is 35.4 Å². The summed E-state index contributed by atoms with van der Waals surface area (Å²) in [6.07, 6.45) is 0.859. The summed E-state index contributed by atoms with van der Waals surface area (Å²) in [6, 6.07) is 7.97. The van der Waals surface area contributed by atoms with Gasteiger partial charge in [-0.25, -0.2) is 0 Å². The first-order valence-corrected chi connectivity index (χ1v) is 8.37. The van der Waals surface area contributed by atoms with Gasteiger partial charge in [0.15, 0.2) is 0 Å². The van der Waals surface area contributed by atoms with E-state index in [4.69, 9.17) is 0 Å². The van der Waals surface area contributed by atoms with E-state index in [1.807, 2.05) is 31.2 Å². The molecule has 0 aliphatic carbocycles. The van der Waals surface area contributed by atoms with Gasteiger partial charge < -0.3 is 5.32 Å². The predicted molar refractivity (Wildman–Crippen MR) is 80.6 cm³/mol. The minimum absolute atomic E-state index is 0.409. The molecule has 1 N–H and O–H groups in total. The second kappa shape index (κ2) is 6.67. The van der Waals surface area contributed by atoms with Crippen LogP contribution in [0.4, 0.5) is 0 Å². The minimum atomic E-state index is -3.37. The molecule has 1 aromatic carbocycles. The van der Waals surface area contributed by atoms with Crippen molar-refractivity contribution in [3.63, 3.8) is 0 Å². The van der Waals surface area contributed by atoms with Crippen molar-refractivity contribution in [1.29, 1.82) is 0 Å². The highest BCUT2D eigenvalue weighted by Crippen LogP contribution is 2.13. The molecule has 5 nitrogen and oxygen atoms in total. The smallest absolute Gasteiger partial charge is 0.282 e. The van der Waals surface area contributed by atoms with Crippen molar-refractivity contribution in [1.82, 2.24) is 13.9 Å². The van der Waals surface area contributed by atoms with E-state index in [0.717, 1.165) is 25.1 Å². The number of benzene rings is 1. The van der Waals surface area contributed by atoms with Gasteiger partial charge in [0, 0.05) is 33.2 Å². The number of hydrogen-bond acceptors (Lipinski definition) is 3. The fourth-order valence-corrected chi connectivity index (χ4v) is 3.67. The van der Waals surface area contributed by atoms with Crippen LogP contribution in [0, 0.1) is 6.92 Å². The van der Waals surface area contributed by atoms with Gasteiger partial charge in [0.25, 0.3) is 10.2 Å². The van der Waals surface area contributed by atoms with Crippen molar-refractivity contribution >= 4 is 10.2 Å². The van der Waals surface area contributed by atoms with Gasteiger partial charge in [0.05, 0.1) is 0 Å². The molecule has 0 unspecified atom stereocenters. The Balaban J connectivity index is 2.06. The van der Waals surface area contributed by atoms with E-state index >= 15 is 0 Å². The number of hydrogen-bond donors (Lipinski definition) is 1. The van der Waals surface area contributed by atoms with Crippen LogP contribution in [-0.4, -0.2) is 50.3 Å². The molecule has 1 heterocycles. The van der Waals surface area contributed by atoms with Gasteiger partial charge >= 0.3 is 0 Å². The largest absolute Gasteiger partial charge is 0.315 e. The van der Waals surface area contributed by atoms with E-state index in [0.29, 0.717) is 19.6 Å². The van der Waals surface area contributed by atoms with Crippen molar-refractivity contribution in [2.45, 2.75) is 19.9 Å². The lowest BCUT2D eigenvalue weighted by Gasteiger charge is -2.26. The molecular formula is C14H23N3O2S. The van der Waals surface area contributed by atoms with Crippen LogP contribution in [-0.2, 0) is 16.8 Å². The zero-order valence-electron chi connectivity index (χ0n) is 12.2. The van der Waals surface area contributed by atoms with Crippen LogP contribution >= 0.6 is 0 Å². The fourth-order valence-electron chi connectivity index (χ4n) is 2.28. The molecule has 0 radical (unpaired) electrons. The van der Waals surface area contributed by atoms with E-state index in [1.165, 1.54) is 9.87 Å². The Labute approximate surface area is 121 Å². The van der Waals surface area contributed by atoms with Crippen LogP contribution in [0.25, 0.3) is 0 Å². The van der Waals surface area contributed by atoms with Crippen molar-refractivity contribution < 1.29 is 8.42 Å². The van der Waals surface area contributed by atoms with Crippen molar-refractivity contribution in [2.75, 3.05) is 33.2 Å². The molecule has 1 aliphatic heterocycles. The highest BCUT2D eigenvalue weighted by atomic mass is 32.2. The molecular weight excluding hydrogens is 274 g/mol. The molecule has 1 aromatic rings. The monoisotopic (exact) mass is 297 g/mol. The van der Waals surface area contributed by atoms with Crippen LogP contribution in [0.1, 0.15) is 17.5 Å². The van der Waals surface area contributed by atoms with Gasteiger partial charge in [-0.15, -0.1) is 0 Å². The third-order valence-electron chi connectivity index (χ3n) is 3.55. The Hall–Kier alpha value is -0.950. The van der Waals surface area contributed by atoms with Crippen LogP contribution < -0.4 is 5.32 Å². The Bertz CT molecular complexity index is 520. The first kappa shape index (κ1) is 15.4. The highest BCUT2D eigenvalue weighted by Gasteiger charge is 2.27. The summed E-state index contributed by atoms with van der Waals surface area (Å²) < 4.78 is 28.1. The van der Waals surface area contributed by atoms with E-state index in [-0.39, 0.29) is 0 Å². The lowest BCUT2D eigenvalue weighted by atomic mass is 10.1. The SMILES string of the molecule is Cc1ccc(CN(C)S(=O)(=O)N2CCCNCC2)cc1. The zero-order chi connectivity index (χ0) is 14.6. The summed E-state index contributed by atoms with van der Waals surface area (Å²) in [7, 11) is -1.72. The molecule has 6 heteroatoms.